The molecule has 3 rings (SSSR count). The minimum absolute atomic E-state index is 0.0563. The topological polar surface area (TPSA) is 23.6 Å². The zero-order chi connectivity index (χ0) is 16.9. The van der Waals surface area contributed by atoms with Gasteiger partial charge in [-0.2, -0.15) is 0 Å². The Labute approximate surface area is 151 Å². The van der Waals surface area contributed by atoms with E-state index in [-0.39, 0.29) is 11.8 Å². The van der Waals surface area contributed by atoms with Crippen LogP contribution in [0, 0.1) is 0 Å². The normalized spacial score (nSPS) is 21.7. The van der Waals surface area contributed by atoms with Crippen molar-refractivity contribution in [3.63, 3.8) is 0 Å². The van der Waals surface area contributed by atoms with Crippen molar-refractivity contribution in [3.05, 3.63) is 35.4 Å². The first-order valence-corrected chi connectivity index (χ1v) is 9.90. The standard InChI is InChI=1S/C20H29ClN2O/c1-16(22-11-13-23(14-12-22)20(24)15-21)17-7-9-19(10-8-17)18-5-3-2-4-6-18/h7-10,16,18H,2-6,11-15H2,1H3/t16-/m1/s1. The quantitative estimate of drug-likeness (QED) is 0.762. The maximum absolute atomic E-state index is 11.7. The van der Waals surface area contributed by atoms with Crippen LogP contribution in [0.25, 0.3) is 0 Å². The van der Waals surface area contributed by atoms with Crippen molar-refractivity contribution < 1.29 is 4.79 Å². The number of amides is 1. The lowest BCUT2D eigenvalue weighted by molar-refractivity contribution is -0.130. The van der Waals surface area contributed by atoms with Gasteiger partial charge in [0.2, 0.25) is 5.91 Å². The van der Waals surface area contributed by atoms with Gasteiger partial charge < -0.3 is 4.90 Å². The fourth-order valence-electron chi connectivity index (χ4n) is 4.14. The molecule has 0 unspecified atom stereocenters. The number of piperazine rings is 1. The van der Waals surface area contributed by atoms with Gasteiger partial charge in [0.05, 0.1) is 0 Å². The lowest BCUT2D eigenvalue weighted by Crippen LogP contribution is -2.49. The van der Waals surface area contributed by atoms with Crippen LogP contribution >= 0.6 is 11.6 Å². The summed E-state index contributed by atoms with van der Waals surface area (Å²) in [6.45, 7) is 5.70. The summed E-state index contributed by atoms with van der Waals surface area (Å²) in [6, 6.07) is 9.71. The Kier molecular flexibility index (Phi) is 6.18. The van der Waals surface area contributed by atoms with Crippen LogP contribution in [-0.2, 0) is 4.79 Å². The molecule has 1 aliphatic heterocycles. The highest BCUT2D eigenvalue weighted by atomic mass is 35.5. The van der Waals surface area contributed by atoms with E-state index < -0.39 is 0 Å². The number of carbonyl (C=O) groups is 1. The zero-order valence-electron chi connectivity index (χ0n) is 14.7. The summed E-state index contributed by atoms with van der Waals surface area (Å²) in [5.41, 5.74) is 2.90. The Morgan fingerprint density at radius 1 is 1.08 bits per heavy atom. The van der Waals surface area contributed by atoms with E-state index >= 15 is 0 Å². The molecule has 0 bridgehead atoms. The number of hydrogen-bond acceptors (Lipinski definition) is 2. The second-order valence-electron chi connectivity index (χ2n) is 7.23. The molecule has 1 aromatic rings. The third-order valence-electron chi connectivity index (χ3n) is 5.82. The summed E-state index contributed by atoms with van der Waals surface area (Å²) in [6.07, 6.45) is 6.88. The molecule has 4 heteroatoms. The largest absolute Gasteiger partial charge is 0.339 e. The lowest BCUT2D eigenvalue weighted by Gasteiger charge is -2.38. The maximum Gasteiger partial charge on any atom is 0.237 e. The number of hydrogen-bond donors (Lipinski definition) is 0. The molecule has 2 aliphatic rings. The molecule has 2 fully saturated rings. The first-order valence-electron chi connectivity index (χ1n) is 9.36. The number of carbonyl (C=O) groups excluding carboxylic acids is 1. The Balaban J connectivity index is 1.57. The minimum Gasteiger partial charge on any atom is -0.339 e. The molecule has 1 aliphatic carbocycles. The van der Waals surface area contributed by atoms with E-state index in [1.807, 2.05) is 4.90 Å². The van der Waals surface area contributed by atoms with Crippen LogP contribution in [0.4, 0.5) is 0 Å². The molecule has 1 amide bonds. The van der Waals surface area contributed by atoms with E-state index in [0.717, 1.165) is 32.1 Å². The van der Waals surface area contributed by atoms with Crippen molar-refractivity contribution in [3.8, 4) is 0 Å². The summed E-state index contributed by atoms with van der Waals surface area (Å²) < 4.78 is 0. The van der Waals surface area contributed by atoms with Crippen LogP contribution in [0.3, 0.4) is 0 Å². The van der Waals surface area contributed by atoms with Crippen molar-refractivity contribution >= 4 is 17.5 Å². The molecule has 1 saturated carbocycles. The molecular formula is C20H29ClN2O. The highest BCUT2D eigenvalue weighted by Gasteiger charge is 2.24. The number of nitrogens with zero attached hydrogens (tertiary/aromatic N) is 2. The van der Waals surface area contributed by atoms with Crippen LogP contribution in [0.5, 0.6) is 0 Å². The smallest absolute Gasteiger partial charge is 0.237 e. The first-order chi connectivity index (χ1) is 11.7. The van der Waals surface area contributed by atoms with Gasteiger partial charge in [0.15, 0.2) is 0 Å². The molecule has 3 nitrogen and oxygen atoms in total. The highest BCUT2D eigenvalue weighted by Crippen LogP contribution is 2.33. The van der Waals surface area contributed by atoms with E-state index in [4.69, 9.17) is 11.6 Å². The molecule has 1 saturated heterocycles. The molecule has 0 aromatic heterocycles. The van der Waals surface area contributed by atoms with Gasteiger partial charge in [0.25, 0.3) is 0 Å². The predicted molar refractivity (Wildman–Crippen MR) is 99.6 cm³/mol. The van der Waals surface area contributed by atoms with E-state index in [2.05, 4.69) is 36.1 Å². The van der Waals surface area contributed by atoms with E-state index in [1.54, 1.807) is 0 Å². The van der Waals surface area contributed by atoms with Crippen molar-refractivity contribution in [1.82, 2.24) is 9.80 Å². The van der Waals surface area contributed by atoms with E-state index in [9.17, 15) is 4.79 Å². The predicted octanol–water partition coefficient (Wildman–Crippen LogP) is 4.18. The molecular weight excluding hydrogens is 320 g/mol. The van der Waals surface area contributed by atoms with Crippen molar-refractivity contribution in [2.24, 2.45) is 0 Å². The Hall–Kier alpha value is -1.06. The molecule has 24 heavy (non-hydrogen) atoms. The molecule has 0 spiro atoms. The maximum atomic E-state index is 11.7. The van der Waals surface area contributed by atoms with Gasteiger partial charge in [0.1, 0.15) is 5.88 Å². The average molecular weight is 349 g/mol. The summed E-state index contributed by atoms with van der Waals surface area (Å²) in [5.74, 6) is 0.923. The van der Waals surface area contributed by atoms with Gasteiger partial charge in [-0.05, 0) is 36.8 Å². The monoisotopic (exact) mass is 348 g/mol. The van der Waals surface area contributed by atoms with Crippen LogP contribution in [-0.4, -0.2) is 47.8 Å². The zero-order valence-corrected chi connectivity index (χ0v) is 15.5. The Bertz CT molecular complexity index is 531. The summed E-state index contributed by atoms with van der Waals surface area (Å²) in [7, 11) is 0. The van der Waals surface area contributed by atoms with Crippen LogP contribution in [0.1, 0.15) is 62.1 Å². The van der Waals surface area contributed by atoms with E-state index in [0.29, 0.717) is 6.04 Å². The van der Waals surface area contributed by atoms with Crippen molar-refractivity contribution in [2.75, 3.05) is 32.1 Å². The van der Waals surface area contributed by atoms with Gasteiger partial charge in [-0.3, -0.25) is 9.69 Å². The lowest BCUT2D eigenvalue weighted by atomic mass is 9.83. The van der Waals surface area contributed by atoms with Gasteiger partial charge >= 0.3 is 0 Å². The molecule has 0 N–H and O–H groups in total. The minimum atomic E-state index is 0.0563. The van der Waals surface area contributed by atoms with Gasteiger partial charge in [-0.25, -0.2) is 0 Å². The number of benzene rings is 1. The number of rotatable bonds is 4. The molecule has 1 aromatic carbocycles. The summed E-state index contributed by atoms with van der Waals surface area (Å²) >= 11 is 5.65. The average Bonchev–Trinajstić information content (AvgIpc) is 2.68. The second-order valence-corrected chi connectivity index (χ2v) is 7.50. The molecule has 132 valence electrons. The summed E-state index contributed by atoms with van der Waals surface area (Å²) in [4.78, 5) is 16.0. The third-order valence-corrected chi connectivity index (χ3v) is 6.05. The van der Waals surface area contributed by atoms with Crippen LogP contribution in [0.15, 0.2) is 24.3 Å². The molecule has 0 radical (unpaired) electrons. The molecule has 1 heterocycles. The Morgan fingerprint density at radius 3 is 2.29 bits per heavy atom. The van der Waals surface area contributed by atoms with E-state index in [1.165, 1.54) is 43.2 Å². The second kappa shape index (κ2) is 8.35. The van der Waals surface area contributed by atoms with Crippen molar-refractivity contribution in [2.45, 2.75) is 51.0 Å². The SMILES string of the molecule is C[C@H](c1ccc(C2CCCCC2)cc1)N1CCN(C(=O)CCl)CC1. The first kappa shape index (κ1) is 17.8. The Morgan fingerprint density at radius 2 is 1.71 bits per heavy atom. The third kappa shape index (κ3) is 4.12. The van der Waals surface area contributed by atoms with Crippen LogP contribution in [0.2, 0.25) is 0 Å². The summed E-state index contributed by atoms with van der Waals surface area (Å²) in [5, 5.41) is 0. The van der Waals surface area contributed by atoms with Crippen LogP contribution < -0.4 is 0 Å². The van der Waals surface area contributed by atoms with Crippen molar-refractivity contribution in [1.29, 1.82) is 0 Å². The highest BCUT2D eigenvalue weighted by molar-refractivity contribution is 6.27. The van der Waals surface area contributed by atoms with Gasteiger partial charge in [-0.1, -0.05) is 43.5 Å². The number of alkyl halides is 1. The number of halogens is 1. The fraction of sp³-hybridized carbons (Fsp3) is 0.650. The van der Waals surface area contributed by atoms with Gasteiger partial charge in [-0.15, -0.1) is 11.6 Å². The fourth-order valence-corrected chi connectivity index (χ4v) is 4.31. The molecule has 1 atom stereocenters. The van der Waals surface area contributed by atoms with Gasteiger partial charge in [0, 0.05) is 32.2 Å².